The lowest BCUT2D eigenvalue weighted by molar-refractivity contribution is -0.0668. The Morgan fingerprint density at radius 3 is 2.62 bits per heavy atom. The van der Waals surface area contributed by atoms with E-state index in [1.807, 2.05) is 0 Å². The molecule has 152 valence electrons. The zero-order chi connectivity index (χ0) is 20.8. The van der Waals surface area contributed by atoms with Crippen LogP contribution in [0.2, 0.25) is 0 Å². The minimum Gasteiger partial charge on any atom is -0.386 e. The normalized spacial score (nSPS) is 16.4. The fraction of sp³-hybridized carbons (Fsp3) is 0.200. The van der Waals surface area contributed by atoms with Gasteiger partial charge in [0.15, 0.2) is 0 Å². The molecule has 0 bridgehead atoms. The largest absolute Gasteiger partial charge is 0.386 e. The molecule has 4 N–H and O–H groups in total. The number of likely N-dealkylation sites (tertiary alicyclic amines) is 1. The molecule has 0 saturated carbocycles. The molecule has 2 heterocycles. The Balaban J connectivity index is 1.58. The lowest BCUT2D eigenvalue weighted by atomic mass is 9.96. The number of nitrogens with zero attached hydrogens (tertiary/aromatic N) is 2. The molecule has 0 spiro atoms. The minimum atomic E-state index is -3.60. The molecule has 0 radical (unpaired) electrons. The second-order valence-electron chi connectivity index (χ2n) is 7.33. The zero-order valence-electron chi connectivity index (χ0n) is 15.5. The van der Waals surface area contributed by atoms with Crippen molar-refractivity contribution in [2.75, 3.05) is 17.8 Å². The highest BCUT2D eigenvalue weighted by atomic mass is 32.3. The summed E-state index contributed by atoms with van der Waals surface area (Å²) in [5.74, 6) is -1.19. The van der Waals surface area contributed by atoms with Crippen molar-refractivity contribution in [2.24, 2.45) is 0 Å². The molecule has 1 aliphatic rings. The van der Waals surface area contributed by atoms with E-state index in [1.165, 1.54) is 29.3 Å². The number of rotatable bonds is 4. The van der Waals surface area contributed by atoms with Gasteiger partial charge in [0, 0.05) is 17.1 Å². The van der Waals surface area contributed by atoms with Crippen LogP contribution in [0.5, 0.6) is 0 Å². The molecule has 0 aliphatic carbocycles. The number of amides is 1. The number of nitrogens with one attached hydrogen (secondary N) is 1. The summed E-state index contributed by atoms with van der Waals surface area (Å²) in [6.45, 7) is 1.99. The number of benzene rings is 2. The first-order valence-corrected chi connectivity index (χ1v) is 10.4. The van der Waals surface area contributed by atoms with E-state index in [4.69, 9.17) is 0 Å². The molecule has 1 aliphatic heterocycles. The van der Waals surface area contributed by atoms with Gasteiger partial charge >= 0.3 is 0 Å². The topological polar surface area (TPSA) is 106 Å². The molecule has 0 atom stereocenters. The lowest BCUT2D eigenvalue weighted by Gasteiger charge is -2.44. The van der Waals surface area contributed by atoms with Crippen LogP contribution in [0.25, 0.3) is 10.9 Å². The number of anilines is 1. The quantitative estimate of drug-likeness (QED) is 0.516. The molecule has 2 aromatic carbocycles. The molecule has 0 unspecified atom stereocenters. The second kappa shape index (κ2) is 6.96. The van der Waals surface area contributed by atoms with Crippen molar-refractivity contribution in [1.29, 1.82) is 0 Å². The standard InChI is InChI=1S/C20H20FN3O4S/c1-20(26)11-24(12-20)19(25)14-7-8-16(15(21)10-14)23-29(27,28)17-6-2-4-13-5-3-9-22-18(13)17/h2-10,23,26-28H,11-12H2,1H3. The van der Waals surface area contributed by atoms with E-state index in [1.54, 1.807) is 31.2 Å². The van der Waals surface area contributed by atoms with Crippen LogP contribution in [0, 0.1) is 5.82 Å². The maximum absolute atomic E-state index is 14.6. The van der Waals surface area contributed by atoms with Crippen LogP contribution in [0.1, 0.15) is 17.3 Å². The monoisotopic (exact) mass is 417 g/mol. The first-order chi connectivity index (χ1) is 13.7. The van der Waals surface area contributed by atoms with Crippen LogP contribution < -0.4 is 4.72 Å². The van der Waals surface area contributed by atoms with E-state index in [2.05, 4.69) is 9.71 Å². The van der Waals surface area contributed by atoms with Gasteiger partial charge in [-0.25, -0.2) is 4.39 Å². The molecule has 29 heavy (non-hydrogen) atoms. The molecule has 1 fully saturated rings. The number of aliphatic hydroxyl groups is 1. The third-order valence-electron chi connectivity index (χ3n) is 4.72. The number of β-amino-alcohol motifs (C(OH)–C–C–N with tert-alkyl or cyclic N) is 1. The number of hydrogen-bond donors (Lipinski definition) is 4. The van der Waals surface area contributed by atoms with Gasteiger partial charge in [-0.2, -0.15) is 0 Å². The molecule has 1 saturated heterocycles. The number of aromatic nitrogens is 1. The van der Waals surface area contributed by atoms with Crippen LogP contribution in [-0.2, 0) is 0 Å². The van der Waals surface area contributed by atoms with E-state index in [-0.39, 0.29) is 29.2 Å². The number of pyridine rings is 1. The number of halogens is 1. The maximum Gasteiger partial charge on any atom is 0.254 e. The predicted molar refractivity (Wildman–Crippen MR) is 109 cm³/mol. The van der Waals surface area contributed by atoms with Crippen molar-refractivity contribution in [3.05, 3.63) is 66.1 Å². The molecule has 7 nitrogen and oxygen atoms in total. The Hall–Kier alpha value is -2.72. The summed E-state index contributed by atoms with van der Waals surface area (Å²) in [7, 11) is -3.60. The summed E-state index contributed by atoms with van der Waals surface area (Å²) >= 11 is 0. The van der Waals surface area contributed by atoms with Gasteiger partial charge in [-0.05, 0) is 37.3 Å². The smallest absolute Gasteiger partial charge is 0.254 e. The zero-order valence-corrected chi connectivity index (χ0v) is 16.4. The summed E-state index contributed by atoms with van der Waals surface area (Å²) in [6, 6.07) is 12.2. The molecular formula is C20H20FN3O4S. The summed E-state index contributed by atoms with van der Waals surface area (Å²) < 4.78 is 38.3. The van der Waals surface area contributed by atoms with Crippen LogP contribution in [0.3, 0.4) is 0 Å². The van der Waals surface area contributed by atoms with Crippen molar-refractivity contribution in [3.8, 4) is 0 Å². The van der Waals surface area contributed by atoms with Crippen molar-refractivity contribution >= 4 is 33.3 Å². The van der Waals surface area contributed by atoms with Crippen LogP contribution in [0.4, 0.5) is 10.1 Å². The molecular weight excluding hydrogens is 397 g/mol. The number of carbonyl (C=O) groups excluding carboxylic acids is 1. The second-order valence-corrected chi connectivity index (χ2v) is 9.08. The highest BCUT2D eigenvalue weighted by Crippen LogP contribution is 2.50. The predicted octanol–water partition coefficient (Wildman–Crippen LogP) is 3.72. The summed E-state index contributed by atoms with van der Waals surface area (Å²) in [5.41, 5.74) is -0.546. The Labute approximate surface area is 168 Å². The van der Waals surface area contributed by atoms with Crippen molar-refractivity contribution in [3.63, 3.8) is 0 Å². The lowest BCUT2D eigenvalue weighted by Crippen LogP contribution is -2.61. The van der Waals surface area contributed by atoms with E-state index < -0.39 is 28.1 Å². The number of carbonyl (C=O) groups is 1. The number of fused-ring (bicyclic) bond motifs is 1. The van der Waals surface area contributed by atoms with E-state index in [9.17, 15) is 23.4 Å². The fourth-order valence-electron chi connectivity index (χ4n) is 3.35. The van der Waals surface area contributed by atoms with E-state index in [0.29, 0.717) is 5.52 Å². The van der Waals surface area contributed by atoms with Gasteiger partial charge in [-0.1, -0.05) is 29.0 Å². The highest BCUT2D eigenvalue weighted by Gasteiger charge is 2.39. The van der Waals surface area contributed by atoms with Gasteiger partial charge in [0.1, 0.15) is 10.7 Å². The summed E-state index contributed by atoms with van der Waals surface area (Å²) in [6.07, 6.45) is 1.54. The average Bonchev–Trinajstić information content (AvgIpc) is 2.66. The van der Waals surface area contributed by atoms with Crippen molar-refractivity contribution in [1.82, 2.24) is 9.88 Å². The fourth-order valence-corrected chi connectivity index (χ4v) is 4.64. The van der Waals surface area contributed by atoms with Gasteiger partial charge in [0.2, 0.25) is 0 Å². The van der Waals surface area contributed by atoms with Gasteiger partial charge in [0.05, 0.1) is 29.9 Å². The third kappa shape index (κ3) is 3.77. The highest BCUT2D eigenvalue weighted by molar-refractivity contribution is 8.25. The van der Waals surface area contributed by atoms with Crippen LogP contribution >= 0.6 is 10.8 Å². The Morgan fingerprint density at radius 1 is 1.21 bits per heavy atom. The average molecular weight is 417 g/mol. The van der Waals surface area contributed by atoms with Crippen LogP contribution in [-0.4, -0.2) is 48.7 Å². The Kier molecular flexibility index (Phi) is 4.70. The van der Waals surface area contributed by atoms with Gasteiger partial charge in [0.25, 0.3) is 5.91 Å². The van der Waals surface area contributed by atoms with Crippen molar-refractivity contribution < 1.29 is 23.4 Å². The molecule has 4 rings (SSSR count). The molecule has 3 aromatic rings. The third-order valence-corrected chi connectivity index (χ3v) is 6.17. The molecule has 1 amide bonds. The minimum absolute atomic E-state index is 0.117. The molecule has 1 aromatic heterocycles. The van der Waals surface area contributed by atoms with Gasteiger partial charge < -0.3 is 10.0 Å². The number of hydrogen-bond acceptors (Lipinski definition) is 6. The molecule has 9 heteroatoms. The first kappa shape index (κ1) is 19.6. The summed E-state index contributed by atoms with van der Waals surface area (Å²) in [5, 5.41) is 10.5. The Bertz CT molecular complexity index is 1090. The van der Waals surface area contributed by atoms with E-state index >= 15 is 0 Å². The van der Waals surface area contributed by atoms with E-state index in [0.717, 1.165) is 11.5 Å². The number of para-hydroxylation sites is 1. The first-order valence-electron chi connectivity index (χ1n) is 8.87. The SMILES string of the molecule is CC1(O)CN(C(=O)c2ccc(NS(O)(O)c3cccc4cccnc34)c(F)c2)C1. The Morgan fingerprint density at radius 2 is 1.93 bits per heavy atom. The summed E-state index contributed by atoms with van der Waals surface area (Å²) in [4.78, 5) is 18.1. The van der Waals surface area contributed by atoms with Crippen LogP contribution in [0.15, 0.2) is 59.6 Å². The van der Waals surface area contributed by atoms with Crippen molar-refractivity contribution in [2.45, 2.75) is 17.4 Å². The van der Waals surface area contributed by atoms with Gasteiger partial charge in [-0.15, -0.1) is 0 Å². The maximum atomic E-state index is 14.6. The van der Waals surface area contributed by atoms with Gasteiger partial charge in [-0.3, -0.25) is 23.6 Å².